The number of anilines is 1. The van der Waals surface area contributed by atoms with E-state index in [4.69, 9.17) is 0 Å². The Balaban J connectivity index is 1.46. The molecule has 5 rings (SSSR count). The van der Waals surface area contributed by atoms with E-state index in [0.29, 0.717) is 36.2 Å². The van der Waals surface area contributed by atoms with Gasteiger partial charge >= 0.3 is 0 Å². The van der Waals surface area contributed by atoms with Crippen LogP contribution in [-0.2, 0) is 6.54 Å². The number of aromatic nitrogens is 2. The largest absolute Gasteiger partial charge is 0.385 e. The second-order valence-electron chi connectivity index (χ2n) is 9.59. The molecule has 1 saturated carbocycles. The summed E-state index contributed by atoms with van der Waals surface area (Å²) in [4.78, 5) is 27.3. The molecule has 0 radical (unpaired) electrons. The van der Waals surface area contributed by atoms with E-state index in [1.165, 1.54) is 12.0 Å². The summed E-state index contributed by atoms with van der Waals surface area (Å²) in [5, 5.41) is 3.64. The van der Waals surface area contributed by atoms with Gasteiger partial charge in [0.25, 0.3) is 5.91 Å². The molecule has 2 bridgehead atoms. The minimum Gasteiger partial charge on any atom is -0.385 e. The van der Waals surface area contributed by atoms with Gasteiger partial charge < -0.3 is 10.2 Å². The van der Waals surface area contributed by atoms with Crippen LogP contribution >= 0.6 is 0 Å². The monoisotopic (exact) mass is 419 g/mol. The maximum Gasteiger partial charge on any atom is 0.257 e. The third-order valence-corrected chi connectivity index (χ3v) is 7.02. The van der Waals surface area contributed by atoms with Gasteiger partial charge in [0.15, 0.2) is 0 Å². The van der Waals surface area contributed by atoms with E-state index in [9.17, 15) is 4.79 Å². The van der Waals surface area contributed by atoms with Crippen LogP contribution in [0.15, 0.2) is 36.7 Å². The minimum atomic E-state index is 0.0311. The number of fused-ring (bicyclic) bond motifs is 3. The summed E-state index contributed by atoms with van der Waals surface area (Å²) in [5.41, 5.74) is 2.89. The first kappa shape index (κ1) is 20.4. The van der Waals surface area contributed by atoms with E-state index in [1.54, 1.807) is 12.4 Å². The van der Waals surface area contributed by atoms with E-state index in [2.05, 4.69) is 58.3 Å². The van der Waals surface area contributed by atoms with E-state index in [-0.39, 0.29) is 5.91 Å². The van der Waals surface area contributed by atoms with Gasteiger partial charge in [-0.3, -0.25) is 9.69 Å². The molecule has 2 aromatic rings. The summed E-state index contributed by atoms with van der Waals surface area (Å²) in [6.07, 6.45) is 9.27. The average Bonchev–Trinajstić information content (AvgIpc) is 3.54. The van der Waals surface area contributed by atoms with Crippen molar-refractivity contribution in [3.63, 3.8) is 0 Å². The van der Waals surface area contributed by atoms with Crippen LogP contribution in [-0.4, -0.2) is 56.9 Å². The summed E-state index contributed by atoms with van der Waals surface area (Å²) in [6.45, 7) is 6.86. The molecule has 1 aromatic carbocycles. The Morgan fingerprint density at radius 2 is 1.77 bits per heavy atom. The Hall–Kier alpha value is -2.47. The van der Waals surface area contributed by atoms with Gasteiger partial charge in [0.1, 0.15) is 5.82 Å². The lowest BCUT2D eigenvalue weighted by atomic mass is 10.1. The second-order valence-corrected chi connectivity index (χ2v) is 9.59. The fourth-order valence-electron chi connectivity index (χ4n) is 5.37. The maximum atomic E-state index is 13.6. The maximum absolute atomic E-state index is 13.6. The predicted molar refractivity (Wildman–Crippen MR) is 122 cm³/mol. The molecule has 0 unspecified atom stereocenters. The van der Waals surface area contributed by atoms with Crippen molar-refractivity contribution in [3.05, 3.63) is 53.6 Å². The Morgan fingerprint density at radius 1 is 1.03 bits per heavy atom. The summed E-state index contributed by atoms with van der Waals surface area (Å²) in [5.74, 6) is 1.41. The first-order chi connectivity index (χ1) is 15.1. The van der Waals surface area contributed by atoms with Gasteiger partial charge in [0.05, 0.1) is 5.56 Å². The standard InChI is InChI=1S/C25H33N5O/c1-17(2)30-21-9-10-22(30)16-29(15-19-5-3-4-6-23(19)26-12-11-21)25(31)20-13-27-24(28-14-20)18-7-8-18/h3-6,13-14,17-18,21-22,26H,7-12,15-16H2,1-2H3/t21-,22+/m1/s1. The molecule has 6 heteroatoms. The normalized spacial score (nSPS) is 24.4. The van der Waals surface area contributed by atoms with Crippen LogP contribution < -0.4 is 5.32 Å². The van der Waals surface area contributed by atoms with E-state index < -0.39 is 0 Å². The van der Waals surface area contributed by atoms with Crippen LogP contribution in [0.4, 0.5) is 5.69 Å². The third-order valence-electron chi connectivity index (χ3n) is 7.02. The van der Waals surface area contributed by atoms with Crippen molar-refractivity contribution in [2.24, 2.45) is 0 Å². The van der Waals surface area contributed by atoms with Crippen molar-refractivity contribution >= 4 is 11.6 Å². The zero-order valence-corrected chi connectivity index (χ0v) is 18.6. The fraction of sp³-hybridized carbons (Fsp3) is 0.560. The molecule has 2 fully saturated rings. The Bertz CT molecular complexity index is 924. The molecule has 164 valence electrons. The van der Waals surface area contributed by atoms with Crippen molar-refractivity contribution < 1.29 is 4.79 Å². The van der Waals surface area contributed by atoms with Crippen LogP contribution in [0.1, 0.15) is 73.6 Å². The zero-order valence-electron chi connectivity index (χ0n) is 18.6. The predicted octanol–water partition coefficient (Wildman–Crippen LogP) is 4.05. The molecular weight excluding hydrogens is 386 g/mol. The number of nitrogens with zero attached hydrogens (tertiary/aromatic N) is 4. The molecule has 1 amide bonds. The van der Waals surface area contributed by atoms with Crippen molar-refractivity contribution in [3.8, 4) is 0 Å². The first-order valence-electron chi connectivity index (χ1n) is 11.8. The Labute approximate surface area is 185 Å². The molecule has 6 nitrogen and oxygen atoms in total. The quantitative estimate of drug-likeness (QED) is 0.813. The molecule has 31 heavy (non-hydrogen) atoms. The number of rotatable bonds is 3. The number of hydrogen-bond acceptors (Lipinski definition) is 5. The summed E-state index contributed by atoms with van der Waals surface area (Å²) in [6, 6.07) is 9.82. The molecule has 2 aliphatic heterocycles. The van der Waals surface area contributed by atoms with E-state index in [0.717, 1.165) is 50.3 Å². The molecule has 1 aromatic heterocycles. The van der Waals surface area contributed by atoms with Crippen molar-refractivity contribution in [2.75, 3.05) is 18.4 Å². The summed E-state index contributed by atoms with van der Waals surface area (Å²) < 4.78 is 0. The third kappa shape index (κ3) is 4.31. The van der Waals surface area contributed by atoms with Crippen molar-refractivity contribution in [1.82, 2.24) is 19.8 Å². The molecular formula is C25H33N5O. The highest BCUT2D eigenvalue weighted by Crippen LogP contribution is 2.37. The number of carbonyl (C=O) groups excluding carboxylic acids is 1. The molecule has 2 atom stereocenters. The van der Waals surface area contributed by atoms with Gasteiger partial charge in [-0.1, -0.05) is 18.2 Å². The highest BCUT2D eigenvalue weighted by molar-refractivity contribution is 5.93. The van der Waals surface area contributed by atoms with Crippen molar-refractivity contribution in [2.45, 2.75) is 76.5 Å². The van der Waals surface area contributed by atoms with Crippen LogP contribution in [0.25, 0.3) is 0 Å². The Kier molecular flexibility index (Phi) is 5.65. The van der Waals surface area contributed by atoms with Crippen LogP contribution in [0.3, 0.4) is 0 Å². The lowest BCUT2D eigenvalue weighted by molar-refractivity contribution is 0.0633. The number of nitrogens with one attached hydrogen (secondary N) is 1. The Morgan fingerprint density at radius 3 is 2.52 bits per heavy atom. The van der Waals surface area contributed by atoms with E-state index >= 15 is 0 Å². The number of amides is 1. The summed E-state index contributed by atoms with van der Waals surface area (Å²) >= 11 is 0. The number of para-hydroxylation sites is 1. The molecule has 3 aliphatic rings. The molecule has 1 aliphatic carbocycles. The molecule has 1 saturated heterocycles. The lowest BCUT2D eigenvalue weighted by Crippen LogP contribution is -2.48. The second kappa shape index (κ2) is 8.58. The smallest absolute Gasteiger partial charge is 0.257 e. The highest BCUT2D eigenvalue weighted by Gasteiger charge is 2.37. The number of hydrogen-bond donors (Lipinski definition) is 1. The minimum absolute atomic E-state index is 0.0311. The van der Waals surface area contributed by atoms with Gasteiger partial charge in [0.2, 0.25) is 0 Å². The van der Waals surface area contributed by atoms with Gasteiger partial charge in [-0.25, -0.2) is 9.97 Å². The molecule has 3 heterocycles. The summed E-state index contributed by atoms with van der Waals surface area (Å²) in [7, 11) is 0. The topological polar surface area (TPSA) is 61.4 Å². The van der Waals surface area contributed by atoms with Crippen LogP contribution in [0, 0.1) is 0 Å². The molecule has 1 N–H and O–H groups in total. The number of benzene rings is 1. The highest BCUT2D eigenvalue weighted by atomic mass is 16.2. The van der Waals surface area contributed by atoms with Crippen molar-refractivity contribution in [1.29, 1.82) is 0 Å². The lowest BCUT2D eigenvalue weighted by Gasteiger charge is -2.36. The van der Waals surface area contributed by atoms with Gasteiger partial charge in [-0.05, 0) is 57.6 Å². The van der Waals surface area contributed by atoms with E-state index in [1.807, 2.05) is 4.90 Å². The fourth-order valence-corrected chi connectivity index (χ4v) is 5.37. The van der Waals surface area contributed by atoms with Gasteiger partial charge in [-0.2, -0.15) is 0 Å². The van der Waals surface area contributed by atoms with Crippen LogP contribution in [0.2, 0.25) is 0 Å². The van der Waals surface area contributed by atoms with Gasteiger partial charge in [0, 0.05) is 61.8 Å². The number of carbonyl (C=O) groups is 1. The first-order valence-corrected chi connectivity index (χ1v) is 11.8. The zero-order chi connectivity index (χ0) is 21.4. The van der Waals surface area contributed by atoms with Gasteiger partial charge in [-0.15, -0.1) is 0 Å². The molecule has 0 spiro atoms. The average molecular weight is 420 g/mol. The van der Waals surface area contributed by atoms with Crippen LogP contribution in [0.5, 0.6) is 0 Å². The SMILES string of the molecule is CC(C)N1[C@H]2CCNc3ccccc3CN(C(=O)c3cnc(C4CC4)nc3)C[C@@H]1CC2.